The zero-order chi connectivity index (χ0) is 14.8. The van der Waals surface area contributed by atoms with Crippen molar-refractivity contribution in [2.45, 2.75) is 19.4 Å². The third kappa shape index (κ3) is 3.19. The van der Waals surface area contributed by atoms with Crippen molar-refractivity contribution in [3.63, 3.8) is 0 Å². The summed E-state index contributed by atoms with van der Waals surface area (Å²) in [4.78, 5) is 4.29. The normalized spacial score (nSPS) is 11.2. The first kappa shape index (κ1) is 14.1. The van der Waals surface area contributed by atoms with Gasteiger partial charge in [0.1, 0.15) is 0 Å². The van der Waals surface area contributed by atoms with E-state index in [2.05, 4.69) is 10.3 Å². The fraction of sp³-hybridized carbons (Fsp3) is 0.267. The van der Waals surface area contributed by atoms with Crippen molar-refractivity contribution in [3.8, 4) is 5.88 Å². The Balaban J connectivity index is 2.30. The van der Waals surface area contributed by atoms with Crippen molar-refractivity contribution in [3.05, 3.63) is 42.0 Å². The fourth-order valence-corrected chi connectivity index (χ4v) is 1.80. The Labute approximate surface area is 119 Å². The highest BCUT2D eigenvalue weighted by molar-refractivity contribution is 5.69. The molecule has 2 aromatic rings. The third-order valence-electron chi connectivity index (χ3n) is 2.98. The van der Waals surface area contributed by atoms with Crippen molar-refractivity contribution in [1.82, 2.24) is 4.98 Å². The lowest BCUT2D eigenvalue weighted by atomic mass is 9.95. The topological polar surface area (TPSA) is 86.2 Å². The van der Waals surface area contributed by atoms with Gasteiger partial charge in [-0.15, -0.1) is 0 Å². The van der Waals surface area contributed by atoms with Gasteiger partial charge in [0.15, 0.2) is 5.82 Å². The lowest BCUT2D eigenvalue weighted by molar-refractivity contribution is 0.398. The quantitative estimate of drug-likeness (QED) is 0.796. The highest BCUT2D eigenvalue weighted by atomic mass is 16.5. The van der Waals surface area contributed by atoms with E-state index < -0.39 is 5.54 Å². The van der Waals surface area contributed by atoms with Crippen LogP contribution in [0.3, 0.4) is 0 Å². The van der Waals surface area contributed by atoms with Gasteiger partial charge in [0, 0.05) is 17.3 Å². The summed E-state index contributed by atoms with van der Waals surface area (Å²) in [5.41, 5.74) is 14.1. The van der Waals surface area contributed by atoms with Crippen LogP contribution in [0.15, 0.2) is 36.4 Å². The Morgan fingerprint density at radius 2 is 1.95 bits per heavy atom. The molecule has 20 heavy (non-hydrogen) atoms. The minimum absolute atomic E-state index is 0.398. The molecule has 0 fully saturated rings. The molecule has 0 bridgehead atoms. The molecule has 5 heteroatoms. The van der Waals surface area contributed by atoms with Gasteiger partial charge < -0.3 is 21.5 Å². The highest BCUT2D eigenvalue weighted by Gasteiger charge is 2.14. The van der Waals surface area contributed by atoms with Gasteiger partial charge in [-0.1, -0.05) is 12.1 Å². The van der Waals surface area contributed by atoms with Gasteiger partial charge in [-0.25, -0.2) is 0 Å². The smallest absolute Gasteiger partial charge is 0.215 e. The van der Waals surface area contributed by atoms with E-state index in [9.17, 15) is 0 Å². The van der Waals surface area contributed by atoms with Gasteiger partial charge in [-0.05, 0) is 37.6 Å². The fourth-order valence-electron chi connectivity index (χ4n) is 1.80. The van der Waals surface area contributed by atoms with E-state index in [1.54, 1.807) is 19.2 Å². The molecule has 1 heterocycles. The summed E-state index contributed by atoms with van der Waals surface area (Å²) in [5, 5.41) is 3.19. The number of methoxy groups -OCH3 is 1. The average Bonchev–Trinajstić information content (AvgIpc) is 2.41. The van der Waals surface area contributed by atoms with Crippen molar-refractivity contribution in [2.75, 3.05) is 18.2 Å². The maximum absolute atomic E-state index is 6.11. The minimum Gasteiger partial charge on any atom is -0.481 e. The maximum Gasteiger partial charge on any atom is 0.215 e. The molecule has 0 aliphatic rings. The summed E-state index contributed by atoms with van der Waals surface area (Å²) in [6.45, 7) is 3.93. The van der Waals surface area contributed by atoms with Crippen LogP contribution in [0.1, 0.15) is 19.4 Å². The van der Waals surface area contributed by atoms with Crippen LogP contribution in [-0.4, -0.2) is 12.1 Å². The van der Waals surface area contributed by atoms with E-state index in [0.717, 1.165) is 11.3 Å². The molecule has 0 radical (unpaired) electrons. The zero-order valence-electron chi connectivity index (χ0n) is 12.0. The molecule has 2 rings (SSSR count). The van der Waals surface area contributed by atoms with E-state index in [1.165, 1.54) is 0 Å². The largest absolute Gasteiger partial charge is 0.481 e. The molecule has 0 amide bonds. The number of ether oxygens (including phenoxy) is 1. The van der Waals surface area contributed by atoms with Gasteiger partial charge in [-0.2, -0.15) is 4.98 Å². The van der Waals surface area contributed by atoms with Crippen LogP contribution in [0.4, 0.5) is 17.2 Å². The highest BCUT2D eigenvalue weighted by Crippen LogP contribution is 2.26. The molecule has 106 valence electrons. The van der Waals surface area contributed by atoms with Crippen molar-refractivity contribution >= 4 is 17.2 Å². The molecule has 0 spiro atoms. The molecule has 0 atom stereocenters. The van der Waals surface area contributed by atoms with Crippen LogP contribution in [-0.2, 0) is 5.54 Å². The molecule has 0 aliphatic heterocycles. The number of benzene rings is 1. The lowest BCUT2D eigenvalue weighted by Gasteiger charge is -2.20. The summed E-state index contributed by atoms with van der Waals surface area (Å²) in [6.07, 6.45) is 0. The molecule has 5 N–H and O–H groups in total. The monoisotopic (exact) mass is 272 g/mol. The SMILES string of the molecule is COc1ccc(N)c(Nc2cccc(C(C)(C)N)c2)n1. The Kier molecular flexibility index (Phi) is 3.81. The second-order valence-corrected chi connectivity index (χ2v) is 5.22. The number of nitrogen functional groups attached to an aromatic ring is 1. The van der Waals surface area contributed by atoms with Crippen LogP contribution in [0.25, 0.3) is 0 Å². The molecule has 0 saturated heterocycles. The second kappa shape index (κ2) is 5.38. The molecule has 0 saturated carbocycles. The number of nitrogens with zero attached hydrogens (tertiary/aromatic N) is 1. The summed E-state index contributed by atoms with van der Waals surface area (Å²) in [5.74, 6) is 1.08. The van der Waals surface area contributed by atoms with E-state index in [4.69, 9.17) is 16.2 Å². The van der Waals surface area contributed by atoms with E-state index >= 15 is 0 Å². The van der Waals surface area contributed by atoms with Gasteiger partial charge in [0.2, 0.25) is 5.88 Å². The Hall–Kier alpha value is -2.27. The van der Waals surface area contributed by atoms with Crippen LogP contribution < -0.4 is 21.5 Å². The van der Waals surface area contributed by atoms with Gasteiger partial charge in [0.25, 0.3) is 0 Å². The van der Waals surface area contributed by atoms with Gasteiger partial charge in [-0.3, -0.25) is 0 Å². The standard InChI is InChI=1S/C15H20N4O/c1-15(2,17)10-5-4-6-11(9-10)18-14-12(16)7-8-13(19-14)20-3/h4-9H,16-17H2,1-3H3,(H,18,19). The molecule has 1 aromatic heterocycles. The van der Waals surface area contributed by atoms with Crippen LogP contribution in [0.2, 0.25) is 0 Å². The number of rotatable bonds is 4. The summed E-state index contributed by atoms with van der Waals surface area (Å²) in [7, 11) is 1.57. The number of hydrogen-bond acceptors (Lipinski definition) is 5. The van der Waals surface area contributed by atoms with E-state index in [0.29, 0.717) is 17.4 Å². The van der Waals surface area contributed by atoms with Crippen LogP contribution in [0.5, 0.6) is 5.88 Å². The van der Waals surface area contributed by atoms with E-state index in [-0.39, 0.29) is 0 Å². The van der Waals surface area contributed by atoms with Crippen LogP contribution in [0, 0.1) is 0 Å². The van der Waals surface area contributed by atoms with Crippen LogP contribution >= 0.6 is 0 Å². The summed E-state index contributed by atoms with van der Waals surface area (Å²) < 4.78 is 5.10. The maximum atomic E-state index is 6.11. The zero-order valence-corrected chi connectivity index (χ0v) is 12.0. The Morgan fingerprint density at radius 1 is 1.20 bits per heavy atom. The predicted octanol–water partition coefficient (Wildman–Crippen LogP) is 2.61. The van der Waals surface area contributed by atoms with Gasteiger partial charge in [0.05, 0.1) is 12.8 Å². The van der Waals surface area contributed by atoms with Crippen molar-refractivity contribution < 1.29 is 4.74 Å². The Morgan fingerprint density at radius 3 is 2.60 bits per heavy atom. The van der Waals surface area contributed by atoms with Crippen molar-refractivity contribution in [2.24, 2.45) is 5.73 Å². The first-order valence-electron chi connectivity index (χ1n) is 6.37. The number of nitrogens with one attached hydrogen (secondary N) is 1. The number of pyridine rings is 1. The minimum atomic E-state index is -0.398. The van der Waals surface area contributed by atoms with E-state index in [1.807, 2.05) is 38.1 Å². The number of anilines is 3. The Bertz CT molecular complexity index is 605. The number of nitrogens with two attached hydrogens (primary N) is 2. The molecular weight excluding hydrogens is 252 g/mol. The predicted molar refractivity (Wildman–Crippen MR) is 82.1 cm³/mol. The number of hydrogen-bond donors (Lipinski definition) is 3. The lowest BCUT2D eigenvalue weighted by Crippen LogP contribution is -2.28. The molecule has 0 aliphatic carbocycles. The third-order valence-corrected chi connectivity index (χ3v) is 2.98. The van der Waals surface area contributed by atoms with Gasteiger partial charge >= 0.3 is 0 Å². The summed E-state index contributed by atoms with van der Waals surface area (Å²) in [6, 6.07) is 11.3. The molecule has 1 aromatic carbocycles. The second-order valence-electron chi connectivity index (χ2n) is 5.22. The number of aromatic nitrogens is 1. The first-order chi connectivity index (χ1) is 9.40. The molecule has 5 nitrogen and oxygen atoms in total. The van der Waals surface area contributed by atoms with Crippen molar-refractivity contribution in [1.29, 1.82) is 0 Å². The molecular formula is C15H20N4O. The average molecular weight is 272 g/mol. The molecule has 0 unspecified atom stereocenters. The summed E-state index contributed by atoms with van der Waals surface area (Å²) >= 11 is 0. The first-order valence-corrected chi connectivity index (χ1v) is 6.37.